The lowest BCUT2D eigenvalue weighted by atomic mass is 10.1. The molecule has 0 fully saturated rings. The van der Waals surface area contributed by atoms with Gasteiger partial charge in [-0.3, -0.25) is 4.99 Å². The van der Waals surface area contributed by atoms with Crippen LogP contribution in [-0.2, 0) is 0 Å². The molecule has 0 saturated heterocycles. The summed E-state index contributed by atoms with van der Waals surface area (Å²) in [5.74, 6) is 0. The molecule has 1 heteroatoms. The molecule has 0 aliphatic rings. The Labute approximate surface area is 103 Å². The molecule has 0 N–H and O–H groups in total. The minimum atomic E-state index is 1.05. The first-order valence-corrected chi connectivity index (χ1v) is 6.07. The van der Waals surface area contributed by atoms with Crippen molar-refractivity contribution in [1.82, 2.24) is 0 Å². The van der Waals surface area contributed by atoms with E-state index in [-0.39, 0.29) is 0 Å². The molecule has 0 aromatic carbocycles. The van der Waals surface area contributed by atoms with Crippen LogP contribution >= 0.6 is 0 Å². The summed E-state index contributed by atoms with van der Waals surface area (Å²) in [4.78, 5) is 4.14. The Morgan fingerprint density at radius 3 is 1.75 bits per heavy atom. The van der Waals surface area contributed by atoms with Gasteiger partial charge in [0.1, 0.15) is 0 Å². The Morgan fingerprint density at radius 2 is 1.50 bits per heavy atom. The second kappa shape index (κ2) is 16.3. The van der Waals surface area contributed by atoms with Crippen LogP contribution < -0.4 is 0 Å². The van der Waals surface area contributed by atoms with Crippen LogP contribution in [0.4, 0.5) is 0 Å². The summed E-state index contributed by atoms with van der Waals surface area (Å²) >= 11 is 0. The number of allylic oxidation sites excluding steroid dienone is 5. The molecule has 0 saturated carbocycles. The van der Waals surface area contributed by atoms with Crippen molar-refractivity contribution < 1.29 is 0 Å². The molecule has 0 aliphatic heterocycles. The lowest BCUT2D eigenvalue weighted by molar-refractivity contribution is 1.38. The first-order valence-electron chi connectivity index (χ1n) is 6.07. The Bertz CT molecular complexity index is 242. The van der Waals surface area contributed by atoms with Crippen molar-refractivity contribution in [3.8, 4) is 0 Å². The van der Waals surface area contributed by atoms with Crippen LogP contribution in [0.15, 0.2) is 40.9 Å². The monoisotopic (exact) mass is 223 g/mol. The molecule has 0 spiro atoms. The molecule has 0 rings (SSSR count). The van der Waals surface area contributed by atoms with Crippen LogP contribution in [0.2, 0.25) is 0 Å². The van der Waals surface area contributed by atoms with Crippen molar-refractivity contribution in [3.05, 3.63) is 36.0 Å². The molecule has 94 valence electrons. The molecule has 0 amide bonds. The second-order valence-corrected chi connectivity index (χ2v) is 2.61. The Balaban J connectivity index is -0.000000376. The van der Waals surface area contributed by atoms with Gasteiger partial charge in [0.05, 0.1) is 0 Å². The van der Waals surface area contributed by atoms with Gasteiger partial charge in [0, 0.05) is 12.8 Å². The van der Waals surface area contributed by atoms with E-state index >= 15 is 0 Å². The second-order valence-electron chi connectivity index (χ2n) is 2.61. The van der Waals surface area contributed by atoms with Gasteiger partial charge < -0.3 is 0 Å². The van der Waals surface area contributed by atoms with E-state index < -0.39 is 0 Å². The van der Waals surface area contributed by atoms with Gasteiger partial charge in [-0.2, -0.15) is 0 Å². The predicted molar refractivity (Wildman–Crippen MR) is 79.4 cm³/mol. The Morgan fingerprint density at radius 1 is 1.06 bits per heavy atom. The third-order valence-electron chi connectivity index (χ3n) is 1.79. The number of hydrogen-bond acceptors (Lipinski definition) is 1. The summed E-state index contributed by atoms with van der Waals surface area (Å²) < 4.78 is 0. The minimum absolute atomic E-state index is 1.05. The molecule has 1 nitrogen and oxygen atoms in total. The molecule has 0 atom stereocenters. The molecule has 0 aromatic heterocycles. The third-order valence-corrected chi connectivity index (χ3v) is 1.79. The van der Waals surface area contributed by atoms with Crippen molar-refractivity contribution in [1.29, 1.82) is 0 Å². The zero-order valence-corrected chi connectivity index (χ0v) is 12.4. The standard InChI is InChI=1S/C11H17N.2C2H6/c1-6-8-11(9(3)7-2)10(4)12-5;2*1-2/h6-8H,2H2,1,3-5H3;2*1-2H3/b8-6-,11-9-,12-10?;;. The van der Waals surface area contributed by atoms with Crippen LogP contribution in [0.5, 0.6) is 0 Å². The fourth-order valence-corrected chi connectivity index (χ4v) is 0.934. The van der Waals surface area contributed by atoms with E-state index in [0.717, 1.165) is 16.9 Å². The quantitative estimate of drug-likeness (QED) is 0.460. The highest BCUT2D eigenvalue weighted by Gasteiger charge is 1.98. The molecule has 0 heterocycles. The molecule has 0 aliphatic carbocycles. The lowest BCUT2D eigenvalue weighted by Gasteiger charge is -2.03. The maximum absolute atomic E-state index is 4.14. The van der Waals surface area contributed by atoms with Gasteiger partial charge in [0.15, 0.2) is 0 Å². The molecular weight excluding hydrogens is 194 g/mol. The van der Waals surface area contributed by atoms with Crippen molar-refractivity contribution >= 4 is 5.71 Å². The molecule has 0 unspecified atom stereocenters. The summed E-state index contributed by atoms with van der Waals surface area (Å²) in [5, 5.41) is 0. The van der Waals surface area contributed by atoms with Crippen molar-refractivity contribution in [2.45, 2.75) is 48.5 Å². The van der Waals surface area contributed by atoms with Crippen LogP contribution in [0.1, 0.15) is 48.5 Å². The number of rotatable bonds is 3. The zero-order valence-electron chi connectivity index (χ0n) is 12.4. The Hall–Kier alpha value is -1.11. The van der Waals surface area contributed by atoms with E-state index in [2.05, 4.69) is 17.6 Å². The Kier molecular flexibility index (Phi) is 20.7. The average Bonchev–Trinajstić information content (AvgIpc) is 2.38. The van der Waals surface area contributed by atoms with Crippen LogP contribution in [0, 0.1) is 0 Å². The van der Waals surface area contributed by atoms with Gasteiger partial charge in [-0.25, -0.2) is 0 Å². The van der Waals surface area contributed by atoms with Gasteiger partial charge in [0.2, 0.25) is 0 Å². The van der Waals surface area contributed by atoms with E-state index in [9.17, 15) is 0 Å². The first-order chi connectivity index (χ1) is 7.67. The highest BCUT2D eigenvalue weighted by Crippen LogP contribution is 2.09. The third kappa shape index (κ3) is 9.45. The number of hydrogen-bond donors (Lipinski definition) is 0. The number of nitrogens with zero attached hydrogens (tertiary/aromatic N) is 1. The van der Waals surface area contributed by atoms with Crippen molar-refractivity contribution in [2.24, 2.45) is 4.99 Å². The SMILES string of the molecule is C=C/C(C)=C(/C=C\C)C(C)=NC.CC.CC. The smallest absolute Gasteiger partial charge is 0.0388 e. The van der Waals surface area contributed by atoms with E-state index in [1.165, 1.54) is 0 Å². The van der Waals surface area contributed by atoms with E-state index in [4.69, 9.17) is 0 Å². The zero-order chi connectivity index (χ0) is 13.6. The fourth-order valence-electron chi connectivity index (χ4n) is 0.934. The maximum Gasteiger partial charge on any atom is 0.0388 e. The minimum Gasteiger partial charge on any atom is -0.293 e. The van der Waals surface area contributed by atoms with E-state index in [1.807, 2.05) is 60.6 Å². The maximum atomic E-state index is 4.14. The average molecular weight is 223 g/mol. The molecular formula is C15H29N. The van der Waals surface area contributed by atoms with Crippen LogP contribution in [-0.4, -0.2) is 12.8 Å². The van der Waals surface area contributed by atoms with Gasteiger partial charge in [-0.15, -0.1) is 0 Å². The fraction of sp³-hybridized carbons (Fsp3) is 0.533. The molecule has 0 radical (unpaired) electrons. The van der Waals surface area contributed by atoms with E-state index in [0.29, 0.717) is 0 Å². The molecule has 0 bridgehead atoms. The predicted octanol–water partition coefficient (Wildman–Crippen LogP) is 5.21. The summed E-state index contributed by atoms with van der Waals surface area (Å²) in [5.41, 5.74) is 3.37. The van der Waals surface area contributed by atoms with Gasteiger partial charge in [-0.1, -0.05) is 52.5 Å². The van der Waals surface area contributed by atoms with Crippen molar-refractivity contribution in [3.63, 3.8) is 0 Å². The topological polar surface area (TPSA) is 12.4 Å². The van der Waals surface area contributed by atoms with Crippen LogP contribution in [0.3, 0.4) is 0 Å². The lowest BCUT2D eigenvalue weighted by Crippen LogP contribution is -1.96. The van der Waals surface area contributed by atoms with Gasteiger partial charge >= 0.3 is 0 Å². The largest absolute Gasteiger partial charge is 0.293 e. The van der Waals surface area contributed by atoms with Gasteiger partial charge in [-0.05, 0) is 31.9 Å². The highest BCUT2D eigenvalue weighted by molar-refractivity contribution is 6.01. The summed E-state index contributed by atoms with van der Waals surface area (Å²) in [6.07, 6.45) is 5.92. The molecule has 0 aromatic rings. The van der Waals surface area contributed by atoms with E-state index in [1.54, 1.807) is 7.05 Å². The molecule has 16 heavy (non-hydrogen) atoms. The summed E-state index contributed by atoms with van der Waals surface area (Å²) in [6, 6.07) is 0. The summed E-state index contributed by atoms with van der Waals surface area (Å²) in [7, 11) is 1.80. The first kappa shape index (κ1) is 20.3. The van der Waals surface area contributed by atoms with Gasteiger partial charge in [0.25, 0.3) is 0 Å². The highest BCUT2D eigenvalue weighted by atomic mass is 14.7. The van der Waals surface area contributed by atoms with Crippen LogP contribution in [0.25, 0.3) is 0 Å². The summed E-state index contributed by atoms with van der Waals surface area (Å²) in [6.45, 7) is 17.8. The normalized spacial score (nSPS) is 11.9. The number of aliphatic imine (C=N–C) groups is 1. The van der Waals surface area contributed by atoms with Crippen molar-refractivity contribution in [2.75, 3.05) is 7.05 Å².